The van der Waals surface area contributed by atoms with Crippen LogP contribution in [0.4, 0.5) is 0 Å². The van der Waals surface area contributed by atoms with Crippen molar-refractivity contribution in [1.29, 1.82) is 0 Å². The summed E-state index contributed by atoms with van der Waals surface area (Å²) in [6, 6.07) is 0.387. The van der Waals surface area contributed by atoms with Gasteiger partial charge in [0.15, 0.2) is 9.84 Å². The first-order valence-electron chi connectivity index (χ1n) is 7.68. The highest BCUT2D eigenvalue weighted by atomic mass is 32.2. The molecule has 2 rings (SSSR count). The van der Waals surface area contributed by atoms with Crippen molar-refractivity contribution in [2.24, 2.45) is 0 Å². The highest BCUT2D eigenvalue weighted by molar-refractivity contribution is 7.92. The molecule has 1 N–H and O–H groups in total. The number of ether oxygens (including phenoxy) is 1. The van der Waals surface area contributed by atoms with Crippen LogP contribution in [0.5, 0.6) is 0 Å². The maximum Gasteiger partial charge on any atom is 0.155 e. The molecule has 0 aromatic carbocycles. The van der Waals surface area contributed by atoms with E-state index in [1.54, 1.807) is 0 Å². The van der Waals surface area contributed by atoms with Crippen LogP contribution in [-0.2, 0) is 14.6 Å². The van der Waals surface area contributed by atoms with Gasteiger partial charge in [-0.2, -0.15) is 0 Å². The lowest BCUT2D eigenvalue weighted by Gasteiger charge is -2.30. The molecule has 1 saturated heterocycles. The van der Waals surface area contributed by atoms with Gasteiger partial charge in [0.1, 0.15) is 0 Å². The van der Waals surface area contributed by atoms with E-state index in [0.29, 0.717) is 6.04 Å². The fourth-order valence-corrected chi connectivity index (χ4v) is 5.28. The van der Waals surface area contributed by atoms with E-state index in [9.17, 15) is 8.42 Å². The fraction of sp³-hybridized carbons (Fsp3) is 1.00. The Bertz CT molecular complexity index is 363. The number of nitrogens with one attached hydrogen (secondary N) is 1. The third kappa shape index (κ3) is 4.43. The Labute approximate surface area is 117 Å². The molecule has 1 aliphatic carbocycles. The van der Waals surface area contributed by atoms with Crippen LogP contribution < -0.4 is 5.32 Å². The van der Waals surface area contributed by atoms with Crippen molar-refractivity contribution in [3.63, 3.8) is 0 Å². The second kappa shape index (κ2) is 7.04. The predicted octanol–water partition coefficient (Wildman–Crippen LogP) is 1.89. The zero-order valence-electron chi connectivity index (χ0n) is 11.9. The van der Waals surface area contributed by atoms with E-state index in [0.717, 1.165) is 58.1 Å². The molecule has 1 aliphatic heterocycles. The molecular weight excluding hydrogens is 262 g/mol. The van der Waals surface area contributed by atoms with Gasteiger partial charge in [-0.25, -0.2) is 8.42 Å². The molecule has 0 aromatic heterocycles. The number of rotatable bonds is 6. The molecule has 3 atom stereocenters. The molecule has 0 aromatic rings. The minimum atomic E-state index is -2.99. The van der Waals surface area contributed by atoms with E-state index in [4.69, 9.17) is 4.74 Å². The smallest absolute Gasteiger partial charge is 0.155 e. The lowest BCUT2D eigenvalue weighted by Crippen LogP contribution is -2.41. The summed E-state index contributed by atoms with van der Waals surface area (Å²) < 4.78 is 30.4. The van der Waals surface area contributed by atoms with Gasteiger partial charge < -0.3 is 10.1 Å². The standard InChI is InChI=1S/C14H27NO3S/c1-2-8-15-12-5-3-7-14(10-12)19(16,17)11-13-6-4-9-18-13/h12-15H,2-11H2,1H3. The van der Waals surface area contributed by atoms with Gasteiger partial charge >= 0.3 is 0 Å². The summed E-state index contributed by atoms with van der Waals surface area (Å²) in [6.07, 6.45) is 6.73. The van der Waals surface area contributed by atoms with E-state index >= 15 is 0 Å². The molecule has 3 unspecified atom stereocenters. The van der Waals surface area contributed by atoms with Crippen LogP contribution in [0.3, 0.4) is 0 Å². The second-order valence-electron chi connectivity index (χ2n) is 5.90. The van der Waals surface area contributed by atoms with E-state index < -0.39 is 9.84 Å². The summed E-state index contributed by atoms with van der Waals surface area (Å²) in [5.74, 6) is 0.234. The summed E-state index contributed by atoms with van der Waals surface area (Å²) in [7, 11) is -2.99. The van der Waals surface area contributed by atoms with Crippen LogP contribution in [0.15, 0.2) is 0 Å². The molecule has 0 spiro atoms. The van der Waals surface area contributed by atoms with Crippen molar-refractivity contribution >= 4 is 9.84 Å². The molecule has 0 radical (unpaired) electrons. The first-order chi connectivity index (χ1) is 9.12. The van der Waals surface area contributed by atoms with Crippen LogP contribution in [0.1, 0.15) is 51.9 Å². The zero-order chi connectivity index (χ0) is 13.7. The molecule has 5 heteroatoms. The monoisotopic (exact) mass is 289 g/mol. The summed E-state index contributed by atoms with van der Waals surface area (Å²) in [5, 5.41) is 3.32. The summed E-state index contributed by atoms with van der Waals surface area (Å²) in [5.41, 5.74) is 0. The third-order valence-electron chi connectivity index (χ3n) is 4.26. The molecular formula is C14H27NO3S. The lowest BCUT2D eigenvalue weighted by atomic mass is 9.95. The van der Waals surface area contributed by atoms with Crippen LogP contribution in [0.2, 0.25) is 0 Å². The first-order valence-corrected chi connectivity index (χ1v) is 9.40. The Kier molecular flexibility index (Phi) is 5.66. The Balaban J connectivity index is 1.87. The summed E-state index contributed by atoms with van der Waals surface area (Å²) in [4.78, 5) is 0. The maximum absolute atomic E-state index is 12.5. The average Bonchev–Trinajstić information content (AvgIpc) is 2.89. The topological polar surface area (TPSA) is 55.4 Å². The van der Waals surface area contributed by atoms with E-state index in [1.165, 1.54) is 0 Å². The van der Waals surface area contributed by atoms with Crippen LogP contribution in [0, 0.1) is 0 Å². The highest BCUT2D eigenvalue weighted by Gasteiger charge is 2.34. The van der Waals surface area contributed by atoms with Gasteiger partial charge in [-0.1, -0.05) is 13.3 Å². The summed E-state index contributed by atoms with van der Waals surface area (Å²) >= 11 is 0. The van der Waals surface area contributed by atoms with E-state index in [-0.39, 0.29) is 17.1 Å². The second-order valence-corrected chi connectivity index (χ2v) is 8.23. The van der Waals surface area contributed by atoms with Crippen LogP contribution in [0.25, 0.3) is 0 Å². The molecule has 1 saturated carbocycles. The van der Waals surface area contributed by atoms with Gasteiger partial charge in [-0.15, -0.1) is 0 Å². The third-order valence-corrected chi connectivity index (χ3v) is 6.54. The Morgan fingerprint density at radius 2 is 2.05 bits per heavy atom. The van der Waals surface area contributed by atoms with Gasteiger partial charge in [-0.05, 0) is 45.1 Å². The number of hydrogen-bond donors (Lipinski definition) is 1. The molecule has 2 aliphatic rings. The predicted molar refractivity (Wildman–Crippen MR) is 77.1 cm³/mol. The normalized spacial score (nSPS) is 32.6. The minimum absolute atomic E-state index is 0.0472. The van der Waals surface area contributed by atoms with E-state index in [2.05, 4.69) is 12.2 Å². The molecule has 2 fully saturated rings. The molecule has 19 heavy (non-hydrogen) atoms. The van der Waals surface area contributed by atoms with Crippen molar-refractivity contribution in [3.8, 4) is 0 Å². The molecule has 0 bridgehead atoms. The highest BCUT2D eigenvalue weighted by Crippen LogP contribution is 2.27. The van der Waals surface area contributed by atoms with Gasteiger partial charge in [0.05, 0.1) is 17.1 Å². The Morgan fingerprint density at radius 3 is 2.74 bits per heavy atom. The molecule has 4 nitrogen and oxygen atoms in total. The molecule has 112 valence electrons. The van der Waals surface area contributed by atoms with Crippen LogP contribution >= 0.6 is 0 Å². The average molecular weight is 289 g/mol. The minimum Gasteiger partial charge on any atom is -0.377 e. The summed E-state index contributed by atoms with van der Waals surface area (Å²) in [6.45, 7) is 3.86. The first kappa shape index (κ1) is 15.3. The fourth-order valence-electron chi connectivity index (χ4n) is 3.18. The maximum atomic E-state index is 12.5. The Morgan fingerprint density at radius 1 is 1.21 bits per heavy atom. The van der Waals surface area contributed by atoms with Crippen molar-refractivity contribution < 1.29 is 13.2 Å². The van der Waals surface area contributed by atoms with Crippen molar-refractivity contribution in [2.45, 2.75) is 69.3 Å². The van der Waals surface area contributed by atoms with Crippen molar-refractivity contribution in [1.82, 2.24) is 5.32 Å². The quantitative estimate of drug-likeness (QED) is 0.811. The molecule has 0 amide bonds. The van der Waals surface area contributed by atoms with E-state index in [1.807, 2.05) is 0 Å². The zero-order valence-corrected chi connectivity index (χ0v) is 12.8. The molecule has 1 heterocycles. The van der Waals surface area contributed by atoms with Crippen molar-refractivity contribution in [3.05, 3.63) is 0 Å². The lowest BCUT2D eigenvalue weighted by molar-refractivity contribution is 0.127. The van der Waals surface area contributed by atoms with Gasteiger partial charge in [0.2, 0.25) is 0 Å². The van der Waals surface area contributed by atoms with Crippen LogP contribution in [-0.4, -0.2) is 44.7 Å². The van der Waals surface area contributed by atoms with Gasteiger partial charge in [0.25, 0.3) is 0 Å². The number of sulfone groups is 1. The SMILES string of the molecule is CCCNC1CCCC(S(=O)(=O)CC2CCCO2)C1. The Hall–Kier alpha value is -0.130. The van der Waals surface area contributed by atoms with Gasteiger partial charge in [0, 0.05) is 12.6 Å². The largest absolute Gasteiger partial charge is 0.377 e. The van der Waals surface area contributed by atoms with Crippen molar-refractivity contribution in [2.75, 3.05) is 18.9 Å². The number of hydrogen-bond acceptors (Lipinski definition) is 4. The van der Waals surface area contributed by atoms with Gasteiger partial charge in [-0.3, -0.25) is 0 Å².